The van der Waals surface area contributed by atoms with Gasteiger partial charge in [0.2, 0.25) is 5.91 Å². The minimum Gasteiger partial charge on any atom is -0.442 e. The van der Waals surface area contributed by atoms with Gasteiger partial charge in [-0.2, -0.15) is 0 Å². The van der Waals surface area contributed by atoms with Gasteiger partial charge in [0, 0.05) is 36.2 Å². The molecule has 156 valence electrons. The fraction of sp³-hybridized carbons (Fsp3) is 0.409. The smallest absolute Gasteiger partial charge is 0.414 e. The van der Waals surface area contributed by atoms with E-state index in [-0.39, 0.29) is 17.6 Å². The Kier molecular flexibility index (Phi) is 4.48. The lowest BCUT2D eigenvalue weighted by atomic mass is 10.0. The molecule has 1 aliphatic carbocycles. The standard InChI is InChI=1S/C22H24N4O4/c1-13(27)24-9-17-10-26(21(28)30-17)16-5-2-14(3-6-16)15-4-7-20(25-8-15)22(23)18-11-29-12-19(18)22/h2-8,17-19H,9-12,23H2,1H3,(H,24,27)/t17-,18-,19+,22?/m0/s1. The summed E-state index contributed by atoms with van der Waals surface area (Å²) in [7, 11) is 0. The number of nitrogens with one attached hydrogen (secondary N) is 1. The van der Waals surface area contributed by atoms with Crippen LogP contribution in [-0.4, -0.2) is 49.4 Å². The summed E-state index contributed by atoms with van der Waals surface area (Å²) in [5, 5.41) is 2.68. The second-order valence-electron chi connectivity index (χ2n) is 8.22. The molecule has 0 radical (unpaired) electrons. The first-order valence-electron chi connectivity index (χ1n) is 10.1. The lowest BCUT2D eigenvalue weighted by Gasteiger charge is -2.16. The molecule has 3 heterocycles. The summed E-state index contributed by atoms with van der Waals surface area (Å²) < 4.78 is 10.8. The zero-order chi connectivity index (χ0) is 20.9. The van der Waals surface area contributed by atoms with Crippen molar-refractivity contribution in [3.8, 4) is 11.1 Å². The number of cyclic esters (lactones) is 1. The molecule has 3 N–H and O–H groups in total. The van der Waals surface area contributed by atoms with E-state index in [1.165, 1.54) is 6.92 Å². The van der Waals surface area contributed by atoms with E-state index in [4.69, 9.17) is 15.2 Å². The molecule has 30 heavy (non-hydrogen) atoms. The fourth-order valence-electron chi connectivity index (χ4n) is 4.52. The third-order valence-corrected chi connectivity index (χ3v) is 6.37. The molecular weight excluding hydrogens is 384 g/mol. The number of rotatable bonds is 5. The Balaban J connectivity index is 1.26. The van der Waals surface area contributed by atoms with E-state index < -0.39 is 6.09 Å². The number of pyridine rings is 1. The molecule has 8 nitrogen and oxygen atoms in total. The van der Waals surface area contributed by atoms with Crippen LogP contribution < -0.4 is 16.0 Å². The van der Waals surface area contributed by atoms with Crippen LogP contribution in [0.1, 0.15) is 12.6 Å². The van der Waals surface area contributed by atoms with Crippen LogP contribution in [0.3, 0.4) is 0 Å². The van der Waals surface area contributed by atoms with Gasteiger partial charge in [0.15, 0.2) is 0 Å². The number of hydrogen-bond donors (Lipinski definition) is 2. The summed E-state index contributed by atoms with van der Waals surface area (Å²) in [6, 6.07) is 11.7. The van der Waals surface area contributed by atoms with Crippen molar-refractivity contribution in [2.45, 2.75) is 18.6 Å². The second-order valence-corrected chi connectivity index (χ2v) is 8.22. The molecule has 2 amide bonds. The summed E-state index contributed by atoms with van der Waals surface area (Å²) in [5.41, 5.74) is 9.87. The predicted molar refractivity (Wildman–Crippen MR) is 110 cm³/mol. The zero-order valence-electron chi connectivity index (χ0n) is 16.7. The van der Waals surface area contributed by atoms with Crippen molar-refractivity contribution in [3.63, 3.8) is 0 Å². The van der Waals surface area contributed by atoms with Crippen LogP contribution in [-0.2, 0) is 19.8 Å². The highest BCUT2D eigenvalue weighted by molar-refractivity contribution is 5.90. The number of carbonyl (C=O) groups excluding carboxylic acids is 2. The van der Waals surface area contributed by atoms with Gasteiger partial charge in [-0.25, -0.2) is 4.79 Å². The Morgan fingerprint density at radius 1 is 1.20 bits per heavy atom. The molecule has 3 aliphatic rings. The zero-order valence-corrected chi connectivity index (χ0v) is 16.7. The highest BCUT2D eigenvalue weighted by Gasteiger charge is 2.66. The first-order valence-corrected chi connectivity index (χ1v) is 10.1. The molecule has 3 fully saturated rings. The number of benzene rings is 1. The van der Waals surface area contributed by atoms with E-state index in [0.717, 1.165) is 35.7 Å². The molecule has 4 atom stereocenters. The quantitative estimate of drug-likeness (QED) is 0.779. The number of fused-ring (bicyclic) bond motifs is 1. The Morgan fingerprint density at radius 3 is 2.53 bits per heavy atom. The van der Waals surface area contributed by atoms with Crippen molar-refractivity contribution in [1.29, 1.82) is 0 Å². The largest absolute Gasteiger partial charge is 0.442 e. The van der Waals surface area contributed by atoms with E-state index >= 15 is 0 Å². The first-order chi connectivity index (χ1) is 14.5. The fourth-order valence-corrected chi connectivity index (χ4v) is 4.52. The molecule has 1 aromatic heterocycles. The van der Waals surface area contributed by atoms with E-state index in [9.17, 15) is 9.59 Å². The van der Waals surface area contributed by atoms with Gasteiger partial charge < -0.3 is 20.5 Å². The lowest BCUT2D eigenvalue weighted by molar-refractivity contribution is -0.119. The van der Waals surface area contributed by atoms with Crippen molar-refractivity contribution in [2.75, 3.05) is 31.2 Å². The maximum absolute atomic E-state index is 12.2. The van der Waals surface area contributed by atoms with E-state index in [2.05, 4.69) is 10.3 Å². The molecule has 2 aliphatic heterocycles. The molecule has 1 saturated carbocycles. The molecule has 2 aromatic rings. The predicted octanol–water partition coefficient (Wildman–Crippen LogP) is 1.64. The topological polar surface area (TPSA) is 107 Å². The van der Waals surface area contributed by atoms with Crippen LogP contribution in [0.4, 0.5) is 10.5 Å². The van der Waals surface area contributed by atoms with Crippen molar-refractivity contribution in [2.24, 2.45) is 17.6 Å². The average molecular weight is 408 g/mol. The molecular formula is C22H24N4O4. The van der Waals surface area contributed by atoms with Crippen LogP contribution >= 0.6 is 0 Å². The van der Waals surface area contributed by atoms with Gasteiger partial charge in [-0.15, -0.1) is 0 Å². The number of anilines is 1. The Hall–Kier alpha value is -2.97. The second kappa shape index (κ2) is 7.07. The number of aromatic nitrogens is 1. The molecule has 1 unspecified atom stereocenters. The van der Waals surface area contributed by atoms with E-state index in [1.807, 2.05) is 42.6 Å². The summed E-state index contributed by atoms with van der Waals surface area (Å²) in [6.07, 6.45) is 1.09. The molecule has 8 heteroatoms. The van der Waals surface area contributed by atoms with Crippen molar-refractivity contribution >= 4 is 17.7 Å². The van der Waals surface area contributed by atoms with Crippen molar-refractivity contribution < 1.29 is 19.1 Å². The van der Waals surface area contributed by atoms with Crippen LogP contribution in [0.2, 0.25) is 0 Å². The van der Waals surface area contributed by atoms with Gasteiger partial charge in [-0.05, 0) is 23.8 Å². The normalized spacial score (nSPS) is 29.5. The van der Waals surface area contributed by atoms with E-state index in [0.29, 0.717) is 24.9 Å². The number of hydrogen-bond acceptors (Lipinski definition) is 6. The summed E-state index contributed by atoms with van der Waals surface area (Å²) in [6.45, 7) is 3.59. The Labute approximate surface area is 174 Å². The van der Waals surface area contributed by atoms with E-state index in [1.54, 1.807) is 4.90 Å². The maximum Gasteiger partial charge on any atom is 0.414 e. The number of amides is 2. The van der Waals surface area contributed by atoms with Crippen LogP contribution in [0.5, 0.6) is 0 Å². The highest BCUT2D eigenvalue weighted by Crippen LogP contribution is 2.58. The SMILES string of the molecule is CC(=O)NC[C@H]1CN(c2ccc(-c3ccc(C4(N)[C@@H]5COC[C@@H]54)nc3)cc2)C(=O)O1. The number of nitrogens with zero attached hydrogens (tertiary/aromatic N) is 2. The van der Waals surface area contributed by atoms with Gasteiger partial charge in [-0.1, -0.05) is 18.2 Å². The van der Waals surface area contributed by atoms with Crippen LogP contribution in [0, 0.1) is 11.8 Å². The average Bonchev–Trinajstić information content (AvgIpc) is 3.14. The molecule has 0 spiro atoms. The summed E-state index contributed by atoms with van der Waals surface area (Å²) in [5.74, 6) is 0.613. The number of ether oxygens (including phenoxy) is 2. The Bertz CT molecular complexity index is 966. The molecule has 1 aromatic carbocycles. The minimum absolute atomic E-state index is 0.146. The van der Waals surface area contributed by atoms with Crippen molar-refractivity contribution in [1.82, 2.24) is 10.3 Å². The summed E-state index contributed by atoms with van der Waals surface area (Å²) in [4.78, 5) is 29.4. The van der Waals surface area contributed by atoms with Gasteiger partial charge in [0.1, 0.15) is 6.10 Å². The minimum atomic E-state index is -0.406. The van der Waals surface area contributed by atoms with Crippen LogP contribution in [0.15, 0.2) is 42.6 Å². The molecule has 0 bridgehead atoms. The van der Waals surface area contributed by atoms with Gasteiger partial charge in [0.25, 0.3) is 0 Å². The van der Waals surface area contributed by atoms with Gasteiger partial charge in [-0.3, -0.25) is 14.7 Å². The Morgan fingerprint density at radius 2 is 1.90 bits per heavy atom. The van der Waals surface area contributed by atoms with Gasteiger partial charge in [0.05, 0.1) is 37.5 Å². The van der Waals surface area contributed by atoms with Crippen LogP contribution in [0.25, 0.3) is 11.1 Å². The first kappa shape index (κ1) is 19.0. The van der Waals surface area contributed by atoms with Crippen molar-refractivity contribution in [3.05, 3.63) is 48.3 Å². The third-order valence-electron chi connectivity index (χ3n) is 6.37. The maximum atomic E-state index is 12.2. The third kappa shape index (κ3) is 3.12. The van der Waals surface area contributed by atoms with Gasteiger partial charge >= 0.3 is 6.09 Å². The highest BCUT2D eigenvalue weighted by atomic mass is 16.6. The lowest BCUT2D eigenvalue weighted by Crippen LogP contribution is -2.33. The number of carbonyl (C=O) groups is 2. The number of nitrogens with two attached hydrogens (primary N) is 1. The summed E-state index contributed by atoms with van der Waals surface area (Å²) >= 11 is 0. The molecule has 2 saturated heterocycles. The molecule has 5 rings (SSSR count). The monoisotopic (exact) mass is 408 g/mol.